The lowest BCUT2D eigenvalue weighted by molar-refractivity contribution is -0.132. The van der Waals surface area contributed by atoms with E-state index in [1.165, 1.54) is 5.56 Å². The van der Waals surface area contributed by atoms with Crippen LogP contribution in [0.3, 0.4) is 0 Å². The summed E-state index contributed by atoms with van der Waals surface area (Å²) in [6, 6.07) is 8.05. The number of halogens is 1. The Morgan fingerprint density at radius 3 is 2.28 bits per heavy atom. The van der Waals surface area contributed by atoms with E-state index in [1.807, 2.05) is 17.0 Å². The second-order valence-corrected chi connectivity index (χ2v) is 7.21. The Balaban J connectivity index is 0.00000312. The molecule has 140 valence electrons. The molecule has 0 bridgehead atoms. The van der Waals surface area contributed by atoms with E-state index in [0.717, 1.165) is 31.2 Å². The standard InChI is InChI=1S/C20H30N2O2.ClH/c1-15(2)14-16-5-7-17(8-6-16)20(24)18-9-12-22(13-10-18)19(23)4-3-11-21;/h5-8,15,18H,3-4,9-14,21H2,1-2H3;1H. The summed E-state index contributed by atoms with van der Waals surface area (Å²) in [6.07, 6.45) is 3.83. The average Bonchev–Trinajstić information content (AvgIpc) is 2.59. The van der Waals surface area contributed by atoms with Crippen molar-refractivity contribution >= 4 is 24.1 Å². The summed E-state index contributed by atoms with van der Waals surface area (Å²) in [5, 5.41) is 0. The van der Waals surface area contributed by atoms with Gasteiger partial charge in [0.1, 0.15) is 0 Å². The predicted molar refractivity (Wildman–Crippen MR) is 104 cm³/mol. The summed E-state index contributed by atoms with van der Waals surface area (Å²) >= 11 is 0. The maximum Gasteiger partial charge on any atom is 0.222 e. The fourth-order valence-corrected chi connectivity index (χ4v) is 3.31. The van der Waals surface area contributed by atoms with E-state index in [1.54, 1.807) is 0 Å². The Hall–Kier alpha value is -1.39. The van der Waals surface area contributed by atoms with Crippen molar-refractivity contribution in [3.05, 3.63) is 35.4 Å². The first-order valence-electron chi connectivity index (χ1n) is 9.12. The van der Waals surface area contributed by atoms with Crippen molar-refractivity contribution in [3.63, 3.8) is 0 Å². The summed E-state index contributed by atoms with van der Waals surface area (Å²) in [7, 11) is 0. The fourth-order valence-electron chi connectivity index (χ4n) is 3.31. The van der Waals surface area contributed by atoms with Crippen molar-refractivity contribution in [1.29, 1.82) is 0 Å². The molecule has 1 saturated heterocycles. The number of carbonyl (C=O) groups is 2. The third kappa shape index (κ3) is 6.44. The van der Waals surface area contributed by atoms with Gasteiger partial charge in [0, 0.05) is 31.0 Å². The monoisotopic (exact) mass is 366 g/mol. The van der Waals surface area contributed by atoms with Gasteiger partial charge in [0.25, 0.3) is 0 Å². The van der Waals surface area contributed by atoms with E-state index in [9.17, 15) is 9.59 Å². The van der Waals surface area contributed by atoms with Crippen LogP contribution in [0.25, 0.3) is 0 Å². The van der Waals surface area contributed by atoms with E-state index < -0.39 is 0 Å². The molecule has 1 aromatic rings. The zero-order valence-electron chi connectivity index (χ0n) is 15.4. The van der Waals surface area contributed by atoms with Gasteiger partial charge >= 0.3 is 0 Å². The van der Waals surface area contributed by atoms with Gasteiger partial charge in [-0.2, -0.15) is 0 Å². The first-order chi connectivity index (χ1) is 11.5. The quantitative estimate of drug-likeness (QED) is 0.751. The smallest absolute Gasteiger partial charge is 0.222 e. The van der Waals surface area contributed by atoms with Gasteiger partial charge in [-0.3, -0.25) is 9.59 Å². The normalized spacial score (nSPS) is 15.1. The molecule has 1 amide bonds. The molecule has 5 heteroatoms. The Bertz CT molecular complexity index is 549. The molecule has 4 nitrogen and oxygen atoms in total. The van der Waals surface area contributed by atoms with Gasteiger partial charge in [0.15, 0.2) is 5.78 Å². The lowest BCUT2D eigenvalue weighted by Gasteiger charge is -2.31. The van der Waals surface area contributed by atoms with Crippen molar-refractivity contribution in [2.45, 2.75) is 46.0 Å². The maximum absolute atomic E-state index is 12.7. The molecular weight excluding hydrogens is 336 g/mol. The van der Waals surface area contributed by atoms with E-state index >= 15 is 0 Å². The van der Waals surface area contributed by atoms with Crippen LogP contribution in [0.1, 0.15) is 55.5 Å². The summed E-state index contributed by atoms with van der Waals surface area (Å²) in [5.41, 5.74) is 7.54. The number of Topliss-reactive ketones (excluding diaryl/α,β-unsaturated/α-hetero) is 1. The van der Waals surface area contributed by atoms with Crippen LogP contribution in [0.5, 0.6) is 0 Å². The van der Waals surface area contributed by atoms with Gasteiger partial charge in [-0.25, -0.2) is 0 Å². The first-order valence-corrected chi connectivity index (χ1v) is 9.12. The number of piperidine rings is 1. The number of likely N-dealkylation sites (tertiary alicyclic amines) is 1. The number of ketones is 1. The van der Waals surface area contributed by atoms with Crippen LogP contribution in [0.2, 0.25) is 0 Å². The SMILES string of the molecule is CC(C)Cc1ccc(C(=O)C2CCN(C(=O)CCCN)CC2)cc1.Cl. The van der Waals surface area contributed by atoms with Gasteiger partial charge in [0.05, 0.1) is 0 Å². The Kier molecular flexibility index (Phi) is 9.15. The third-order valence-corrected chi connectivity index (χ3v) is 4.70. The molecule has 0 saturated carbocycles. The Morgan fingerprint density at radius 1 is 1.16 bits per heavy atom. The molecule has 2 rings (SSSR count). The second kappa shape index (κ2) is 10.6. The number of rotatable bonds is 7. The molecule has 2 N–H and O–H groups in total. The number of benzene rings is 1. The molecule has 25 heavy (non-hydrogen) atoms. The molecule has 0 atom stereocenters. The molecule has 1 aromatic carbocycles. The van der Waals surface area contributed by atoms with Crippen molar-refractivity contribution in [3.8, 4) is 0 Å². The third-order valence-electron chi connectivity index (χ3n) is 4.70. The summed E-state index contributed by atoms with van der Waals surface area (Å²) in [5.74, 6) is 1.05. The molecule has 0 aromatic heterocycles. The van der Waals surface area contributed by atoms with Crippen LogP contribution >= 0.6 is 12.4 Å². The lowest BCUT2D eigenvalue weighted by atomic mass is 9.88. The molecule has 1 aliphatic rings. The van der Waals surface area contributed by atoms with Gasteiger partial charge in [0.2, 0.25) is 5.91 Å². The van der Waals surface area contributed by atoms with E-state index in [4.69, 9.17) is 5.73 Å². The van der Waals surface area contributed by atoms with Gasteiger partial charge in [-0.05, 0) is 43.7 Å². The minimum Gasteiger partial charge on any atom is -0.343 e. The minimum absolute atomic E-state index is 0. The van der Waals surface area contributed by atoms with Crippen LogP contribution in [0.15, 0.2) is 24.3 Å². The predicted octanol–water partition coefficient (Wildman–Crippen LogP) is 3.47. The number of hydrogen-bond acceptors (Lipinski definition) is 3. The number of nitrogens with two attached hydrogens (primary N) is 1. The van der Waals surface area contributed by atoms with Crippen LogP contribution < -0.4 is 5.73 Å². The van der Waals surface area contributed by atoms with E-state index in [-0.39, 0.29) is 30.0 Å². The fraction of sp³-hybridized carbons (Fsp3) is 0.600. The topological polar surface area (TPSA) is 63.4 Å². The van der Waals surface area contributed by atoms with Gasteiger partial charge in [-0.15, -0.1) is 12.4 Å². The minimum atomic E-state index is 0. The van der Waals surface area contributed by atoms with Gasteiger partial charge in [-0.1, -0.05) is 38.1 Å². The number of hydrogen-bond donors (Lipinski definition) is 1. The highest BCUT2D eigenvalue weighted by atomic mass is 35.5. The highest BCUT2D eigenvalue weighted by Gasteiger charge is 2.27. The van der Waals surface area contributed by atoms with Gasteiger partial charge < -0.3 is 10.6 Å². The molecular formula is C20H31ClN2O2. The highest BCUT2D eigenvalue weighted by molar-refractivity contribution is 5.98. The zero-order chi connectivity index (χ0) is 17.5. The van der Waals surface area contributed by atoms with Crippen LogP contribution in [0.4, 0.5) is 0 Å². The van der Waals surface area contributed by atoms with E-state index in [2.05, 4.69) is 26.0 Å². The van der Waals surface area contributed by atoms with Crippen LogP contribution in [-0.2, 0) is 11.2 Å². The summed E-state index contributed by atoms with van der Waals surface area (Å²) in [6.45, 7) is 6.31. The molecule has 1 fully saturated rings. The maximum atomic E-state index is 12.7. The second-order valence-electron chi connectivity index (χ2n) is 7.21. The van der Waals surface area contributed by atoms with Crippen molar-refractivity contribution in [2.75, 3.05) is 19.6 Å². The largest absolute Gasteiger partial charge is 0.343 e. The molecule has 1 heterocycles. The van der Waals surface area contributed by atoms with Crippen LogP contribution in [-0.4, -0.2) is 36.2 Å². The Labute approximate surface area is 157 Å². The molecule has 0 aliphatic carbocycles. The van der Waals surface area contributed by atoms with Crippen molar-refractivity contribution < 1.29 is 9.59 Å². The molecule has 1 aliphatic heterocycles. The lowest BCUT2D eigenvalue weighted by Crippen LogP contribution is -2.40. The van der Waals surface area contributed by atoms with Crippen molar-refractivity contribution in [1.82, 2.24) is 4.90 Å². The number of amides is 1. The number of carbonyl (C=O) groups excluding carboxylic acids is 2. The molecule has 0 radical (unpaired) electrons. The summed E-state index contributed by atoms with van der Waals surface area (Å²) in [4.78, 5) is 26.6. The average molecular weight is 367 g/mol. The van der Waals surface area contributed by atoms with E-state index in [0.29, 0.717) is 32.0 Å². The molecule has 0 spiro atoms. The highest BCUT2D eigenvalue weighted by Crippen LogP contribution is 2.23. The Morgan fingerprint density at radius 2 is 1.76 bits per heavy atom. The summed E-state index contributed by atoms with van der Waals surface area (Å²) < 4.78 is 0. The molecule has 0 unspecified atom stereocenters. The van der Waals surface area contributed by atoms with Crippen LogP contribution in [0, 0.1) is 11.8 Å². The number of nitrogens with zero attached hydrogens (tertiary/aromatic N) is 1. The van der Waals surface area contributed by atoms with Crippen molar-refractivity contribution in [2.24, 2.45) is 17.6 Å². The first kappa shape index (κ1) is 21.7. The zero-order valence-corrected chi connectivity index (χ0v) is 16.2.